The molecule has 0 radical (unpaired) electrons. The Kier molecular flexibility index (Phi) is 4.09. The van der Waals surface area contributed by atoms with Gasteiger partial charge in [-0.15, -0.1) is 0 Å². The van der Waals surface area contributed by atoms with Crippen LogP contribution in [0, 0.1) is 5.92 Å². The second kappa shape index (κ2) is 6.34. The van der Waals surface area contributed by atoms with Gasteiger partial charge in [-0.1, -0.05) is 0 Å². The third kappa shape index (κ3) is 3.56. The summed E-state index contributed by atoms with van der Waals surface area (Å²) in [7, 11) is 0. The summed E-state index contributed by atoms with van der Waals surface area (Å²) in [6.07, 6.45) is 8.72. The first-order chi connectivity index (χ1) is 10.3. The van der Waals surface area contributed by atoms with Gasteiger partial charge in [0.2, 0.25) is 0 Å². The van der Waals surface area contributed by atoms with Crippen LogP contribution in [0.4, 0.5) is 10.5 Å². The predicted octanol–water partition coefficient (Wildman–Crippen LogP) is 1.62. The molecule has 2 aromatic rings. The molecular weight excluding hydrogens is 268 g/mol. The zero-order valence-electron chi connectivity index (χ0n) is 11.7. The molecular formula is C14H18N6O. The van der Waals surface area contributed by atoms with Crippen LogP contribution < -0.4 is 5.32 Å². The third-order valence-electron chi connectivity index (χ3n) is 3.65. The van der Waals surface area contributed by atoms with Gasteiger partial charge in [0, 0.05) is 37.7 Å². The van der Waals surface area contributed by atoms with Crippen molar-refractivity contribution >= 4 is 11.7 Å². The number of hydrogen-bond donors (Lipinski definition) is 1. The summed E-state index contributed by atoms with van der Waals surface area (Å²) in [5, 5.41) is 7.03. The zero-order chi connectivity index (χ0) is 14.5. The number of pyridine rings is 1. The first kappa shape index (κ1) is 13.5. The van der Waals surface area contributed by atoms with Crippen molar-refractivity contribution in [3.05, 3.63) is 37.2 Å². The van der Waals surface area contributed by atoms with Crippen molar-refractivity contribution in [1.82, 2.24) is 24.6 Å². The fourth-order valence-electron chi connectivity index (χ4n) is 2.63. The van der Waals surface area contributed by atoms with Gasteiger partial charge in [0.05, 0.1) is 0 Å². The number of carbonyl (C=O) groups excluding carboxylic acids is 1. The molecule has 1 N–H and O–H groups in total. The van der Waals surface area contributed by atoms with Gasteiger partial charge in [-0.2, -0.15) is 5.10 Å². The van der Waals surface area contributed by atoms with E-state index in [9.17, 15) is 4.79 Å². The van der Waals surface area contributed by atoms with E-state index in [-0.39, 0.29) is 6.03 Å². The standard InChI is InChI=1S/C14H18N6O/c21-14(18-13-3-5-15-6-4-13)19-7-1-2-12(8-19)9-20-11-16-10-17-20/h3-6,10-12H,1-2,7-9H2,(H,15,18,21)/t12-/m1/s1. The summed E-state index contributed by atoms with van der Waals surface area (Å²) in [4.78, 5) is 22.0. The molecule has 1 fully saturated rings. The maximum atomic E-state index is 12.3. The molecule has 21 heavy (non-hydrogen) atoms. The van der Waals surface area contributed by atoms with Crippen LogP contribution in [-0.4, -0.2) is 43.8 Å². The highest BCUT2D eigenvalue weighted by atomic mass is 16.2. The van der Waals surface area contributed by atoms with E-state index in [1.807, 2.05) is 9.58 Å². The second-order valence-corrected chi connectivity index (χ2v) is 5.24. The Morgan fingerprint density at radius 1 is 1.33 bits per heavy atom. The van der Waals surface area contributed by atoms with Crippen molar-refractivity contribution in [3.63, 3.8) is 0 Å². The number of nitrogens with zero attached hydrogens (tertiary/aromatic N) is 5. The van der Waals surface area contributed by atoms with Gasteiger partial charge >= 0.3 is 6.03 Å². The highest BCUT2D eigenvalue weighted by molar-refractivity contribution is 5.89. The summed E-state index contributed by atoms with van der Waals surface area (Å²) < 4.78 is 1.83. The molecule has 1 saturated heterocycles. The van der Waals surface area contributed by atoms with Crippen LogP contribution in [0.25, 0.3) is 0 Å². The number of anilines is 1. The maximum Gasteiger partial charge on any atom is 0.321 e. The molecule has 3 heterocycles. The minimum atomic E-state index is -0.0514. The molecule has 0 saturated carbocycles. The summed E-state index contributed by atoms with van der Waals surface area (Å²) in [5.41, 5.74) is 0.772. The van der Waals surface area contributed by atoms with Gasteiger partial charge in [-0.05, 0) is 30.9 Å². The molecule has 7 nitrogen and oxygen atoms in total. The van der Waals surface area contributed by atoms with E-state index in [1.54, 1.807) is 30.9 Å². The zero-order valence-corrected chi connectivity index (χ0v) is 11.7. The van der Waals surface area contributed by atoms with E-state index in [0.29, 0.717) is 5.92 Å². The van der Waals surface area contributed by atoms with Gasteiger partial charge in [-0.3, -0.25) is 9.67 Å². The Bertz CT molecular complexity index is 570. The fourth-order valence-corrected chi connectivity index (χ4v) is 2.63. The normalized spacial score (nSPS) is 18.5. The molecule has 1 aliphatic heterocycles. The monoisotopic (exact) mass is 286 g/mol. The van der Waals surface area contributed by atoms with Crippen LogP contribution in [0.2, 0.25) is 0 Å². The molecule has 0 aromatic carbocycles. The number of hydrogen-bond acceptors (Lipinski definition) is 4. The number of piperidine rings is 1. The van der Waals surface area contributed by atoms with E-state index in [2.05, 4.69) is 20.4 Å². The second-order valence-electron chi connectivity index (χ2n) is 5.24. The van der Waals surface area contributed by atoms with Crippen molar-refractivity contribution in [2.75, 3.05) is 18.4 Å². The summed E-state index contributed by atoms with van der Waals surface area (Å²) >= 11 is 0. The van der Waals surface area contributed by atoms with Gasteiger partial charge < -0.3 is 10.2 Å². The SMILES string of the molecule is O=C(Nc1ccncc1)N1CCC[C@@H](Cn2cncn2)C1. The fraction of sp³-hybridized carbons (Fsp3) is 0.429. The van der Waals surface area contributed by atoms with Crippen molar-refractivity contribution in [2.45, 2.75) is 19.4 Å². The van der Waals surface area contributed by atoms with Crippen molar-refractivity contribution < 1.29 is 4.79 Å². The third-order valence-corrected chi connectivity index (χ3v) is 3.65. The number of urea groups is 1. The molecule has 3 rings (SSSR count). The minimum Gasteiger partial charge on any atom is -0.324 e. The quantitative estimate of drug-likeness (QED) is 0.930. The smallest absolute Gasteiger partial charge is 0.321 e. The first-order valence-electron chi connectivity index (χ1n) is 7.09. The Morgan fingerprint density at radius 3 is 2.95 bits per heavy atom. The van der Waals surface area contributed by atoms with Crippen LogP contribution >= 0.6 is 0 Å². The molecule has 0 aliphatic carbocycles. The summed E-state index contributed by atoms with van der Waals surface area (Å²) in [6, 6.07) is 3.52. The van der Waals surface area contributed by atoms with E-state index in [4.69, 9.17) is 0 Å². The van der Waals surface area contributed by atoms with Crippen molar-refractivity contribution in [2.24, 2.45) is 5.92 Å². The molecule has 2 aromatic heterocycles. The lowest BCUT2D eigenvalue weighted by Crippen LogP contribution is -2.43. The minimum absolute atomic E-state index is 0.0514. The number of likely N-dealkylation sites (tertiary alicyclic amines) is 1. The molecule has 2 amide bonds. The first-order valence-corrected chi connectivity index (χ1v) is 7.09. The Morgan fingerprint density at radius 2 is 2.19 bits per heavy atom. The van der Waals surface area contributed by atoms with Crippen LogP contribution in [0.1, 0.15) is 12.8 Å². The van der Waals surface area contributed by atoms with E-state index in [0.717, 1.165) is 38.2 Å². The molecule has 1 atom stereocenters. The molecule has 1 aliphatic rings. The predicted molar refractivity (Wildman–Crippen MR) is 77.6 cm³/mol. The van der Waals surface area contributed by atoms with Crippen LogP contribution in [0.3, 0.4) is 0 Å². The largest absolute Gasteiger partial charge is 0.324 e. The van der Waals surface area contributed by atoms with E-state index in [1.165, 1.54) is 6.33 Å². The lowest BCUT2D eigenvalue weighted by Gasteiger charge is -2.32. The lowest BCUT2D eigenvalue weighted by molar-refractivity contribution is 0.168. The number of carbonyl (C=O) groups is 1. The topological polar surface area (TPSA) is 75.9 Å². The van der Waals surface area contributed by atoms with Gasteiger partial charge in [0.25, 0.3) is 0 Å². The average molecular weight is 286 g/mol. The Labute approximate surface area is 123 Å². The molecule has 0 spiro atoms. The highest BCUT2D eigenvalue weighted by Crippen LogP contribution is 2.19. The number of aromatic nitrogens is 4. The van der Waals surface area contributed by atoms with Gasteiger partial charge in [0.15, 0.2) is 0 Å². The number of rotatable bonds is 3. The number of amides is 2. The molecule has 0 unspecified atom stereocenters. The van der Waals surface area contributed by atoms with E-state index >= 15 is 0 Å². The molecule has 7 heteroatoms. The Balaban J connectivity index is 1.56. The van der Waals surface area contributed by atoms with E-state index < -0.39 is 0 Å². The molecule has 0 bridgehead atoms. The molecule has 110 valence electrons. The summed E-state index contributed by atoms with van der Waals surface area (Å²) in [5.74, 6) is 0.420. The van der Waals surface area contributed by atoms with Crippen LogP contribution in [-0.2, 0) is 6.54 Å². The Hall–Kier alpha value is -2.44. The van der Waals surface area contributed by atoms with Crippen molar-refractivity contribution in [3.8, 4) is 0 Å². The van der Waals surface area contributed by atoms with Crippen LogP contribution in [0.15, 0.2) is 37.2 Å². The highest BCUT2D eigenvalue weighted by Gasteiger charge is 2.24. The maximum absolute atomic E-state index is 12.3. The van der Waals surface area contributed by atoms with Crippen molar-refractivity contribution in [1.29, 1.82) is 0 Å². The lowest BCUT2D eigenvalue weighted by atomic mass is 9.98. The summed E-state index contributed by atoms with van der Waals surface area (Å²) in [6.45, 7) is 2.35. The van der Waals surface area contributed by atoms with Gasteiger partial charge in [-0.25, -0.2) is 9.78 Å². The number of nitrogens with one attached hydrogen (secondary N) is 1. The van der Waals surface area contributed by atoms with Gasteiger partial charge in [0.1, 0.15) is 12.7 Å². The van der Waals surface area contributed by atoms with Crippen LogP contribution in [0.5, 0.6) is 0 Å². The average Bonchev–Trinajstić information content (AvgIpc) is 3.01.